The molecule has 0 aromatic heterocycles. The van der Waals surface area contributed by atoms with E-state index in [-0.39, 0.29) is 5.41 Å². The van der Waals surface area contributed by atoms with Crippen LogP contribution in [-0.2, 0) is 5.41 Å². The fourth-order valence-corrected chi connectivity index (χ4v) is 3.05. The third-order valence-corrected chi connectivity index (χ3v) is 3.89. The summed E-state index contributed by atoms with van der Waals surface area (Å²) in [5.74, 6) is 2.20. The van der Waals surface area contributed by atoms with E-state index in [1.54, 1.807) is 0 Å². The Morgan fingerprint density at radius 1 is 1.22 bits per heavy atom. The summed E-state index contributed by atoms with van der Waals surface area (Å²) in [5.41, 5.74) is 1.46. The molecule has 2 nitrogen and oxygen atoms in total. The van der Waals surface area contributed by atoms with E-state index in [1.807, 2.05) is 6.07 Å². The molecular formula is C15H21BrO2. The summed E-state index contributed by atoms with van der Waals surface area (Å²) in [7, 11) is 0. The summed E-state index contributed by atoms with van der Waals surface area (Å²) in [6.07, 6.45) is 1.10. The van der Waals surface area contributed by atoms with Gasteiger partial charge >= 0.3 is 0 Å². The van der Waals surface area contributed by atoms with Crippen LogP contribution in [0.1, 0.15) is 32.8 Å². The Morgan fingerprint density at radius 3 is 2.56 bits per heavy atom. The third-order valence-electron chi connectivity index (χ3n) is 3.49. The average molecular weight is 313 g/mol. The fraction of sp³-hybridized carbons (Fsp3) is 0.600. The van der Waals surface area contributed by atoms with Crippen molar-refractivity contribution in [2.45, 2.75) is 32.6 Å². The molecule has 0 fully saturated rings. The fourth-order valence-electron chi connectivity index (χ4n) is 2.05. The molecule has 1 aromatic rings. The highest BCUT2D eigenvalue weighted by Gasteiger charge is 2.23. The van der Waals surface area contributed by atoms with E-state index < -0.39 is 0 Å². The molecule has 1 aromatic carbocycles. The lowest BCUT2D eigenvalue weighted by Gasteiger charge is -2.25. The number of halogens is 1. The number of benzene rings is 1. The number of ether oxygens (including phenoxy) is 2. The van der Waals surface area contributed by atoms with Gasteiger partial charge in [0.2, 0.25) is 0 Å². The van der Waals surface area contributed by atoms with Gasteiger partial charge in [0.1, 0.15) is 0 Å². The zero-order valence-electron chi connectivity index (χ0n) is 11.3. The van der Waals surface area contributed by atoms with Crippen LogP contribution < -0.4 is 9.47 Å². The Morgan fingerprint density at radius 2 is 1.89 bits per heavy atom. The maximum absolute atomic E-state index is 5.84. The first-order chi connectivity index (χ1) is 8.53. The van der Waals surface area contributed by atoms with Gasteiger partial charge in [0.15, 0.2) is 11.5 Å². The van der Waals surface area contributed by atoms with E-state index in [2.05, 4.69) is 48.8 Å². The Labute approximate surface area is 118 Å². The summed E-state index contributed by atoms with van der Waals surface area (Å²) in [4.78, 5) is 0. The third kappa shape index (κ3) is 3.00. The minimum atomic E-state index is 0.153. The van der Waals surface area contributed by atoms with Crippen molar-refractivity contribution in [3.8, 4) is 11.5 Å². The van der Waals surface area contributed by atoms with Crippen molar-refractivity contribution in [1.29, 1.82) is 0 Å². The number of hydrogen-bond donors (Lipinski definition) is 0. The molecule has 0 radical (unpaired) electrons. The summed E-state index contributed by atoms with van der Waals surface area (Å²) >= 11 is 3.52. The molecule has 0 aliphatic carbocycles. The Kier molecular flexibility index (Phi) is 4.21. The van der Waals surface area contributed by atoms with Crippen LogP contribution in [0.3, 0.4) is 0 Å². The average Bonchev–Trinajstić information content (AvgIpc) is 2.51. The maximum atomic E-state index is 5.84. The van der Waals surface area contributed by atoms with Gasteiger partial charge < -0.3 is 9.47 Å². The van der Waals surface area contributed by atoms with Crippen molar-refractivity contribution in [3.63, 3.8) is 0 Å². The lowest BCUT2D eigenvalue weighted by molar-refractivity contribution is 0.228. The Hall–Kier alpha value is -0.700. The number of hydrogen-bond acceptors (Lipinski definition) is 2. The predicted molar refractivity (Wildman–Crippen MR) is 78.0 cm³/mol. The molecule has 0 spiro atoms. The van der Waals surface area contributed by atoms with Gasteiger partial charge in [0.05, 0.1) is 13.2 Å². The molecule has 1 atom stereocenters. The molecule has 2 rings (SSSR count). The number of rotatable bonds is 3. The highest BCUT2D eigenvalue weighted by Crippen LogP contribution is 2.36. The van der Waals surface area contributed by atoms with Crippen molar-refractivity contribution < 1.29 is 9.47 Å². The molecule has 0 amide bonds. The molecule has 1 heterocycles. The standard InChI is InChI=1S/C15H21BrO2/c1-11-9-17-13-5-4-12(8-14(13)18-10-11)15(2,3)6-7-16/h4-5,8,11H,6-7,9-10H2,1-3H3. The smallest absolute Gasteiger partial charge is 0.161 e. The van der Waals surface area contributed by atoms with E-state index in [4.69, 9.17) is 9.47 Å². The summed E-state index contributed by atoms with van der Waals surface area (Å²) in [5, 5.41) is 1.01. The first kappa shape index (κ1) is 13.7. The van der Waals surface area contributed by atoms with Gasteiger partial charge in [0.25, 0.3) is 0 Å². The van der Waals surface area contributed by atoms with E-state index in [0.29, 0.717) is 5.92 Å². The zero-order valence-corrected chi connectivity index (χ0v) is 12.9. The molecule has 3 heteroatoms. The van der Waals surface area contributed by atoms with Crippen LogP contribution >= 0.6 is 15.9 Å². The van der Waals surface area contributed by atoms with Crippen LogP contribution in [0.15, 0.2) is 18.2 Å². The van der Waals surface area contributed by atoms with Crippen molar-refractivity contribution >= 4 is 15.9 Å². The molecule has 1 aliphatic rings. The Balaban J connectivity index is 2.27. The van der Waals surface area contributed by atoms with Gasteiger partial charge in [-0.3, -0.25) is 0 Å². The van der Waals surface area contributed by atoms with Gasteiger partial charge in [-0.1, -0.05) is 42.8 Å². The molecule has 0 saturated heterocycles. The van der Waals surface area contributed by atoms with Gasteiger partial charge in [-0.2, -0.15) is 0 Å². The second-order valence-electron chi connectivity index (χ2n) is 5.71. The van der Waals surface area contributed by atoms with Gasteiger partial charge in [-0.15, -0.1) is 0 Å². The predicted octanol–water partition coefficient (Wildman–Crippen LogP) is 4.16. The van der Waals surface area contributed by atoms with Crippen molar-refractivity contribution in [1.82, 2.24) is 0 Å². The van der Waals surface area contributed by atoms with Gasteiger partial charge in [-0.25, -0.2) is 0 Å². The van der Waals surface area contributed by atoms with E-state index in [1.165, 1.54) is 5.56 Å². The maximum Gasteiger partial charge on any atom is 0.161 e. The first-order valence-corrected chi connectivity index (χ1v) is 7.61. The van der Waals surface area contributed by atoms with Crippen LogP contribution in [-0.4, -0.2) is 18.5 Å². The van der Waals surface area contributed by atoms with Crippen molar-refractivity contribution in [3.05, 3.63) is 23.8 Å². The van der Waals surface area contributed by atoms with E-state index >= 15 is 0 Å². The molecule has 0 N–H and O–H groups in total. The minimum Gasteiger partial charge on any atom is -0.489 e. The summed E-state index contributed by atoms with van der Waals surface area (Å²) in [6.45, 7) is 8.13. The molecule has 0 bridgehead atoms. The normalized spacial score (nSPS) is 19.4. The highest BCUT2D eigenvalue weighted by atomic mass is 79.9. The van der Waals surface area contributed by atoms with Gasteiger partial charge in [-0.05, 0) is 29.5 Å². The number of alkyl halides is 1. The van der Waals surface area contributed by atoms with Crippen molar-refractivity contribution in [2.24, 2.45) is 5.92 Å². The molecule has 0 saturated carbocycles. The zero-order chi connectivity index (χ0) is 13.2. The van der Waals surface area contributed by atoms with Crippen LogP contribution in [0.5, 0.6) is 11.5 Å². The SMILES string of the molecule is CC1COc2ccc(C(C)(C)CCBr)cc2OC1. The van der Waals surface area contributed by atoms with Crippen LogP contribution in [0, 0.1) is 5.92 Å². The second kappa shape index (κ2) is 5.52. The van der Waals surface area contributed by atoms with Gasteiger partial charge in [0, 0.05) is 11.2 Å². The minimum absolute atomic E-state index is 0.153. The summed E-state index contributed by atoms with van der Waals surface area (Å²) in [6, 6.07) is 6.33. The largest absolute Gasteiger partial charge is 0.489 e. The lowest BCUT2D eigenvalue weighted by atomic mass is 9.82. The first-order valence-electron chi connectivity index (χ1n) is 6.49. The van der Waals surface area contributed by atoms with Crippen LogP contribution in [0.4, 0.5) is 0 Å². The molecule has 100 valence electrons. The number of fused-ring (bicyclic) bond motifs is 1. The quantitative estimate of drug-likeness (QED) is 0.780. The highest BCUT2D eigenvalue weighted by molar-refractivity contribution is 9.09. The molecule has 1 aliphatic heterocycles. The monoisotopic (exact) mass is 312 g/mol. The lowest BCUT2D eigenvalue weighted by Crippen LogP contribution is -2.17. The van der Waals surface area contributed by atoms with Crippen molar-refractivity contribution in [2.75, 3.05) is 18.5 Å². The van der Waals surface area contributed by atoms with Crippen LogP contribution in [0.25, 0.3) is 0 Å². The molecular weight excluding hydrogens is 292 g/mol. The summed E-state index contributed by atoms with van der Waals surface area (Å²) < 4.78 is 11.6. The molecule has 1 unspecified atom stereocenters. The topological polar surface area (TPSA) is 18.5 Å². The van der Waals surface area contributed by atoms with E-state index in [9.17, 15) is 0 Å². The molecule has 18 heavy (non-hydrogen) atoms. The second-order valence-corrected chi connectivity index (χ2v) is 6.50. The van der Waals surface area contributed by atoms with Crippen LogP contribution in [0.2, 0.25) is 0 Å². The van der Waals surface area contributed by atoms with E-state index in [0.717, 1.165) is 36.5 Å². The Bertz CT molecular complexity index is 415.